The van der Waals surface area contributed by atoms with Crippen LogP contribution < -0.4 is 5.73 Å². The summed E-state index contributed by atoms with van der Waals surface area (Å²) in [5, 5.41) is 0. The average Bonchev–Trinajstić information content (AvgIpc) is 2.58. The van der Waals surface area contributed by atoms with Gasteiger partial charge in [-0.2, -0.15) is 0 Å². The molecule has 0 aromatic carbocycles. The highest BCUT2D eigenvalue weighted by Crippen LogP contribution is 2.21. The highest BCUT2D eigenvalue weighted by Gasteiger charge is 2.35. The van der Waals surface area contributed by atoms with Crippen molar-refractivity contribution in [2.45, 2.75) is 39.3 Å². The molecule has 0 spiro atoms. The normalized spacial score (nSPS) is 26.9. The summed E-state index contributed by atoms with van der Waals surface area (Å²) in [6.07, 6.45) is 0.774. The molecule has 0 saturated carbocycles. The monoisotopic (exact) mass is 241 g/mol. The van der Waals surface area contributed by atoms with Gasteiger partial charge in [-0.15, -0.1) is 0 Å². The van der Waals surface area contributed by atoms with Gasteiger partial charge in [-0.1, -0.05) is 20.8 Å². The molecule has 1 aliphatic heterocycles. The summed E-state index contributed by atoms with van der Waals surface area (Å²) in [5.74, 6) is 1.12. The van der Waals surface area contributed by atoms with Crippen molar-refractivity contribution in [2.75, 3.05) is 27.2 Å². The van der Waals surface area contributed by atoms with Gasteiger partial charge in [0.1, 0.15) is 0 Å². The van der Waals surface area contributed by atoms with Crippen molar-refractivity contribution in [1.82, 2.24) is 9.80 Å². The van der Waals surface area contributed by atoms with Crippen LogP contribution in [0.1, 0.15) is 27.2 Å². The Labute approximate surface area is 105 Å². The average molecular weight is 241 g/mol. The quantitative estimate of drug-likeness (QED) is 0.791. The molecule has 100 valence electrons. The van der Waals surface area contributed by atoms with Gasteiger partial charge in [0, 0.05) is 19.1 Å². The van der Waals surface area contributed by atoms with E-state index in [-0.39, 0.29) is 11.9 Å². The van der Waals surface area contributed by atoms with E-state index in [1.807, 2.05) is 4.90 Å². The fraction of sp³-hybridized carbons (Fsp3) is 0.923. The zero-order chi connectivity index (χ0) is 13.2. The van der Waals surface area contributed by atoms with E-state index in [1.165, 1.54) is 0 Å². The number of nitrogens with two attached hydrogens (primary N) is 1. The van der Waals surface area contributed by atoms with E-state index in [0.29, 0.717) is 17.9 Å². The topological polar surface area (TPSA) is 49.6 Å². The van der Waals surface area contributed by atoms with Gasteiger partial charge in [-0.25, -0.2) is 0 Å². The molecular weight excluding hydrogens is 214 g/mol. The van der Waals surface area contributed by atoms with Gasteiger partial charge < -0.3 is 15.5 Å². The predicted octanol–water partition coefficient (Wildman–Crippen LogP) is 0.768. The Bertz CT molecular complexity index is 265. The molecule has 1 saturated heterocycles. The van der Waals surface area contributed by atoms with Crippen LogP contribution in [0.3, 0.4) is 0 Å². The van der Waals surface area contributed by atoms with Gasteiger partial charge in [-0.05, 0) is 32.4 Å². The molecule has 2 N–H and O–H groups in total. The third kappa shape index (κ3) is 3.68. The van der Waals surface area contributed by atoms with E-state index in [9.17, 15) is 4.79 Å². The minimum Gasteiger partial charge on any atom is -0.339 e. The standard InChI is InChI=1S/C13H27N3O/c1-9(2)6-11(14)13(17)16-7-10(3)12(8-16)15(4)5/h9-12H,6-8,14H2,1-5H3/t10?,11-,12?/m1/s1. The lowest BCUT2D eigenvalue weighted by Crippen LogP contribution is -2.44. The van der Waals surface area contributed by atoms with Crippen LogP contribution in [0.4, 0.5) is 0 Å². The minimum absolute atomic E-state index is 0.120. The van der Waals surface area contributed by atoms with Gasteiger partial charge in [-0.3, -0.25) is 4.79 Å². The summed E-state index contributed by atoms with van der Waals surface area (Å²) in [4.78, 5) is 16.3. The maximum absolute atomic E-state index is 12.2. The zero-order valence-electron chi connectivity index (χ0n) is 11.8. The summed E-state index contributed by atoms with van der Waals surface area (Å²) < 4.78 is 0. The number of likely N-dealkylation sites (N-methyl/N-ethyl adjacent to an activating group) is 1. The third-order valence-corrected chi connectivity index (χ3v) is 3.59. The molecule has 0 aromatic rings. The van der Waals surface area contributed by atoms with Crippen molar-refractivity contribution in [3.8, 4) is 0 Å². The molecule has 0 aromatic heterocycles. The zero-order valence-corrected chi connectivity index (χ0v) is 11.8. The Morgan fingerprint density at radius 3 is 2.41 bits per heavy atom. The van der Waals surface area contributed by atoms with Crippen molar-refractivity contribution >= 4 is 5.91 Å². The fourth-order valence-electron chi connectivity index (χ4n) is 2.64. The van der Waals surface area contributed by atoms with E-state index in [2.05, 4.69) is 39.8 Å². The van der Waals surface area contributed by atoms with Crippen molar-refractivity contribution in [3.05, 3.63) is 0 Å². The second kappa shape index (κ2) is 5.83. The molecule has 1 aliphatic rings. The number of likely N-dealkylation sites (tertiary alicyclic amines) is 1. The second-order valence-corrected chi connectivity index (χ2v) is 5.99. The van der Waals surface area contributed by atoms with Crippen LogP contribution in [0, 0.1) is 11.8 Å². The predicted molar refractivity (Wildman–Crippen MR) is 70.6 cm³/mol. The van der Waals surface area contributed by atoms with Crippen molar-refractivity contribution in [1.29, 1.82) is 0 Å². The third-order valence-electron chi connectivity index (χ3n) is 3.59. The Morgan fingerprint density at radius 2 is 2.00 bits per heavy atom. The Balaban J connectivity index is 2.55. The van der Waals surface area contributed by atoms with Crippen LogP contribution in [0.15, 0.2) is 0 Å². The van der Waals surface area contributed by atoms with E-state index >= 15 is 0 Å². The molecule has 0 bridgehead atoms. The summed E-state index contributed by atoms with van der Waals surface area (Å²) in [7, 11) is 4.15. The number of hydrogen-bond donors (Lipinski definition) is 1. The Morgan fingerprint density at radius 1 is 1.41 bits per heavy atom. The fourth-order valence-corrected chi connectivity index (χ4v) is 2.64. The molecular formula is C13H27N3O. The van der Waals surface area contributed by atoms with Gasteiger partial charge in [0.15, 0.2) is 0 Å². The van der Waals surface area contributed by atoms with Gasteiger partial charge in [0.25, 0.3) is 0 Å². The molecule has 2 unspecified atom stereocenters. The lowest BCUT2D eigenvalue weighted by molar-refractivity contribution is -0.132. The van der Waals surface area contributed by atoms with Crippen LogP contribution in [0.2, 0.25) is 0 Å². The molecule has 3 atom stereocenters. The number of nitrogens with zero attached hydrogens (tertiary/aromatic N) is 2. The maximum Gasteiger partial charge on any atom is 0.239 e. The first-order valence-electron chi connectivity index (χ1n) is 6.53. The number of amides is 1. The SMILES string of the molecule is CC(C)C[C@@H](N)C(=O)N1CC(C)C(N(C)C)C1. The molecule has 4 nitrogen and oxygen atoms in total. The summed E-state index contributed by atoms with van der Waals surface area (Å²) >= 11 is 0. The molecule has 1 fully saturated rings. The molecule has 0 radical (unpaired) electrons. The number of hydrogen-bond acceptors (Lipinski definition) is 3. The molecule has 0 aliphatic carbocycles. The van der Waals surface area contributed by atoms with Crippen LogP contribution >= 0.6 is 0 Å². The summed E-state index contributed by atoms with van der Waals surface area (Å²) in [6.45, 7) is 8.06. The van der Waals surface area contributed by atoms with Crippen molar-refractivity contribution < 1.29 is 4.79 Å². The molecule has 4 heteroatoms. The Kier molecular flexibility index (Phi) is 4.95. The van der Waals surface area contributed by atoms with Gasteiger partial charge in [0.2, 0.25) is 5.91 Å². The molecule has 17 heavy (non-hydrogen) atoms. The maximum atomic E-state index is 12.2. The highest BCUT2D eigenvalue weighted by molar-refractivity contribution is 5.82. The lowest BCUT2D eigenvalue weighted by Gasteiger charge is -2.24. The molecule has 1 heterocycles. The van der Waals surface area contributed by atoms with E-state index in [0.717, 1.165) is 19.5 Å². The number of carbonyl (C=O) groups is 1. The first-order valence-corrected chi connectivity index (χ1v) is 6.53. The van der Waals surface area contributed by atoms with Crippen molar-refractivity contribution in [3.63, 3.8) is 0 Å². The molecule has 1 rings (SSSR count). The number of rotatable bonds is 4. The minimum atomic E-state index is -0.330. The Hall–Kier alpha value is -0.610. The van der Waals surface area contributed by atoms with Crippen LogP contribution in [-0.2, 0) is 4.79 Å². The second-order valence-electron chi connectivity index (χ2n) is 5.99. The largest absolute Gasteiger partial charge is 0.339 e. The van der Waals surface area contributed by atoms with Crippen molar-refractivity contribution in [2.24, 2.45) is 17.6 Å². The highest BCUT2D eigenvalue weighted by atomic mass is 16.2. The first-order chi connectivity index (χ1) is 7.82. The smallest absolute Gasteiger partial charge is 0.239 e. The van der Waals surface area contributed by atoms with Gasteiger partial charge in [0.05, 0.1) is 6.04 Å². The first kappa shape index (κ1) is 14.5. The number of carbonyl (C=O) groups excluding carboxylic acids is 1. The van der Waals surface area contributed by atoms with Crippen LogP contribution in [0.25, 0.3) is 0 Å². The van der Waals surface area contributed by atoms with Crippen LogP contribution in [-0.4, -0.2) is 55.0 Å². The summed E-state index contributed by atoms with van der Waals surface area (Å²) in [5.41, 5.74) is 5.96. The van der Waals surface area contributed by atoms with Gasteiger partial charge >= 0.3 is 0 Å². The summed E-state index contributed by atoms with van der Waals surface area (Å²) in [6, 6.07) is 0.133. The van der Waals surface area contributed by atoms with E-state index < -0.39 is 0 Å². The molecule has 1 amide bonds. The van der Waals surface area contributed by atoms with E-state index in [4.69, 9.17) is 5.73 Å². The lowest BCUT2D eigenvalue weighted by atomic mass is 10.0. The van der Waals surface area contributed by atoms with Crippen LogP contribution in [0.5, 0.6) is 0 Å². The van der Waals surface area contributed by atoms with E-state index in [1.54, 1.807) is 0 Å².